The van der Waals surface area contributed by atoms with E-state index in [-0.39, 0.29) is 12.0 Å². The van der Waals surface area contributed by atoms with E-state index in [1.165, 1.54) is 31.0 Å². The first-order chi connectivity index (χ1) is 18.9. The minimum absolute atomic E-state index is 0.157. The van der Waals surface area contributed by atoms with E-state index in [1.54, 1.807) is 32.4 Å². The van der Waals surface area contributed by atoms with Gasteiger partial charge in [0, 0.05) is 24.1 Å². The van der Waals surface area contributed by atoms with Crippen molar-refractivity contribution in [3.05, 3.63) is 48.0 Å². The number of esters is 1. The van der Waals surface area contributed by atoms with E-state index < -0.39 is 10.3 Å². The number of benzene rings is 2. The zero-order valence-corrected chi connectivity index (χ0v) is 26.4. The van der Waals surface area contributed by atoms with Gasteiger partial charge < -0.3 is 24.4 Å². The standard InChI is InChI=1S/C32H48N2O5S/c1-9-10-11-12-13-20-34(30(36)33-27-18-17-25(37-7)23-28(27)38-8)21-19-24-15-14-16-26(22-24)40-32(5,6)29(35)39-31(2,3)4/h14-18,22-23H,9-13,19-21H2,1-8H3,(H,33,36). The van der Waals surface area contributed by atoms with Gasteiger partial charge in [0.1, 0.15) is 21.8 Å². The Morgan fingerprint density at radius 2 is 1.62 bits per heavy atom. The molecule has 0 unspecified atom stereocenters. The van der Waals surface area contributed by atoms with Crippen molar-refractivity contribution in [1.82, 2.24) is 4.90 Å². The molecule has 2 aromatic rings. The van der Waals surface area contributed by atoms with Gasteiger partial charge in [-0.15, -0.1) is 11.8 Å². The molecule has 0 bridgehead atoms. The van der Waals surface area contributed by atoms with Crippen LogP contribution in [0.4, 0.5) is 10.5 Å². The van der Waals surface area contributed by atoms with Crippen LogP contribution in [0.1, 0.15) is 79.2 Å². The number of hydrogen-bond acceptors (Lipinski definition) is 6. The summed E-state index contributed by atoms with van der Waals surface area (Å²) < 4.78 is 15.6. The minimum atomic E-state index is -0.728. The molecule has 7 nitrogen and oxygen atoms in total. The monoisotopic (exact) mass is 572 g/mol. The predicted molar refractivity (Wildman–Crippen MR) is 165 cm³/mol. The summed E-state index contributed by atoms with van der Waals surface area (Å²) in [6.07, 6.45) is 6.30. The highest BCUT2D eigenvalue weighted by Crippen LogP contribution is 2.35. The van der Waals surface area contributed by atoms with E-state index in [9.17, 15) is 9.59 Å². The van der Waals surface area contributed by atoms with E-state index in [0.717, 1.165) is 23.3 Å². The third-order valence-corrected chi connectivity index (χ3v) is 7.47. The smallest absolute Gasteiger partial charge is 0.322 e. The number of ether oxygens (including phenoxy) is 3. The van der Waals surface area contributed by atoms with Crippen molar-refractivity contribution in [2.45, 2.75) is 95.3 Å². The molecule has 0 spiro atoms. The Kier molecular flexibility index (Phi) is 13.2. The SMILES string of the molecule is CCCCCCCN(CCc1cccc(SC(C)(C)C(=O)OC(C)(C)C)c1)C(=O)Nc1ccc(OC)cc1OC. The first-order valence-corrected chi connectivity index (χ1v) is 15.0. The van der Waals surface area contributed by atoms with Crippen molar-refractivity contribution < 1.29 is 23.8 Å². The molecule has 0 aliphatic carbocycles. The summed E-state index contributed by atoms with van der Waals surface area (Å²) in [4.78, 5) is 29.0. The van der Waals surface area contributed by atoms with Crippen LogP contribution in [0, 0.1) is 0 Å². The molecule has 2 aromatic carbocycles. The molecule has 0 aliphatic heterocycles. The predicted octanol–water partition coefficient (Wildman–Crippen LogP) is 7.96. The van der Waals surface area contributed by atoms with Gasteiger partial charge >= 0.3 is 12.0 Å². The molecule has 0 aromatic heterocycles. The lowest BCUT2D eigenvalue weighted by Gasteiger charge is -2.28. The molecule has 8 heteroatoms. The Morgan fingerprint density at radius 3 is 2.27 bits per heavy atom. The van der Waals surface area contributed by atoms with Crippen LogP contribution in [0.5, 0.6) is 11.5 Å². The van der Waals surface area contributed by atoms with Gasteiger partial charge in [-0.25, -0.2) is 4.79 Å². The topological polar surface area (TPSA) is 77.1 Å². The van der Waals surface area contributed by atoms with Gasteiger partial charge in [-0.1, -0.05) is 44.7 Å². The highest BCUT2D eigenvalue weighted by atomic mass is 32.2. The van der Waals surface area contributed by atoms with Crippen LogP contribution in [-0.4, -0.2) is 54.6 Å². The fourth-order valence-corrected chi connectivity index (χ4v) is 5.15. The quantitative estimate of drug-likeness (QED) is 0.133. The number of methoxy groups -OCH3 is 2. The summed E-state index contributed by atoms with van der Waals surface area (Å²) in [7, 11) is 3.17. The number of nitrogens with one attached hydrogen (secondary N) is 1. The van der Waals surface area contributed by atoms with Crippen molar-refractivity contribution in [3.8, 4) is 11.5 Å². The van der Waals surface area contributed by atoms with Gasteiger partial charge in [0.2, 0.25) is 0 Å². The van der Waals surface area contributed by atoms with Crippen molar-refractivity contribution in [1.29, 1.82) is 0 Å². The van der Waals surface area contributed by atoms with Gasteiger partial charge in [-0.2, -0.15) is 0 Å². The highest BCUT2D eigenvalue weighted by molar-refractivity contribution is 8.01. The van der Waals surface area contributed by atoms with Crippen molar-refractivity contribution in [3.63, 3.8) is 0 Å². The van der Waals surface area contributed by atoms with E-state index in [0.29, 0.717) is 36.7 Å². The summed E-state index contributed by atoms with van der Waals surface area (Å²) in [5.41, 5.74) is 1.18. The Labute approximate surface area is 245 Å². The number of carbonyl (C=O) groups is 2. The lowest BCUT2D eigenvalue weighted by molar-refractivity contribution is -0.156. The Balaban J connectivity index is 2.11. The van der Waals surface area contributed by atoms with Crippen molar-refractivity contribution >= 4 is 29.4 Å². The molecule has 222 valence electrons. The average Bonchev–Trinajstić information content (AvgIpc) is 2.89. The number of urea groups is 1. The zero-order chi connectivity index (χ0) is 29.8. The number of unbranched alkanes of at least 4 members (excludes halogenated alkanes) is 4. The van der Waals surface area contributed by atoms with Crippen LogP contribution in [0.25, 0.3) is 0 Å². The number of thioether (sulfide) groups is 1. The second-order valence-electron chi connectivity index (χ2n) is 11.4. The summed E-state index contributed by atoms with van der Waals surface area (Å²) in [6, 6.07) is 13.4. The van der Waals surface area contributed by atoms with Crippen LogP contribution in [0.15, 0.2) is 47.4 Å². The zero-order valence-electron chi connectivity index (χ0n) is 25.6. The van der Waals surface area contributed by atoms with Crippen LogP contribution < -0.4 is 14.8 Å². The summed E-state index contributed by atoms with van der Waals surface area (Å²) in [5, 5.41) is 3.03. The lowest BCUT2D eigenvalue weighted by atomic mass is 10.1. The fraction of sp³-hybridized carbons (Fsp3) is 0.562. The largest absolute Gasteiger partial charge is 0.497 e. The molecule has 1 N–H and O–H groups in total. The van der Waals surface area contributed by atoms with Gasteiger partial charge in [0.25, 0.3) is 0 Å². The van der Waals surface area contributed by atoms with Gasteiger partial charge in [0.05, 0.1) is 19.9 Å². The Hall–Kier alpha value is -2.87. The number of anilines is 1. The van der Waals surface area contributed by atoms with Crippen LogP contribution in [0.3, 0.4) is 0 Å². The maximum atomic E-state index is 13.4. The summed E-state index contributed by atoms with van der Waals surface area (Å²) in [5.74, 6) is 0.971. The van der Waals surface area contributed by atoms with Crippen LogP contribution in [-0.2, 0) is 16.0 Å². The second-order valence-corrected chi connectivity index (χ2v) is 13.1. The summed E-state index contributed by atoms with van der Waals surface area (Å²) in [6.45, 7) is 12.8. The molecule has 0 heterocycles. The maximum Gasteiger partial charge on any atom is 0.322 e. The highest BCUT2D eigenvalue weighted by Gasteiger charge is 2.33. The van der Waals surface area contributed by atoms with Crippen molar-refractivity contribution in [2.24, 2.45) is 0 Å². The third-order valence-electron chi connectivity index (χ3n) is 6.30. The molecular weight excluding hydrogens is 524 g/mol. The third kappa shape index (κ3) is 11.3. The Morgan fingerprint density at radius 1 is 0.900 bits per heavy atom. The molecule has 0 fully saturated rings. The van der Waals surface area contributed by atoms with Gasteiger partial charge in [0.15, 0.2) is 0 Å². The van der Waals surface area contributed by atoms with Crippen LogP contribution >= 0.6 is 11.8 Å². The van der Waals surface area contributed by atoms with Crippen LogP contribution in [0.2, 0.25) is 0 Å². The van der Waals surface area contributed by atoms with E-state index in [1.807, 2.05) is 51.7 Å². The molecule has 0 radical (unpaired) electrons. The molecular formula is C32H48N2O5S. The summed E-state index contributed by atoms with van der Waals surface area (Å²) >= 11 is 1.49. The molecule has 0 saturated heterocycles. The van der Waals surface area contributed by atoms with Gasteiger partial charge in [-0.05, 0) is 77.3 Å². The number of carbonyl (C=O) groups excluding carboxylic acids is 2. The minimum Gasteiger partial charge on any atom is -0.497 e. The number of nitrogens with zero attached hydrogens (tertiary/aromatic N) is 1. The number of rotatable bonds is 15. The fourth-order valence-electron chi connectivity index (χ4n) is 4.08. The normalized spacial score (nSPS) is 11.6. The second kappa shape index (κ2) is 15.8. The number of amides is 2. The van der Waals surface area contributed by atoms with Gasteiger partial charge in [-0.3, -0.25) is 4.79 Å². The molecule has 2 rings (SSSR count). The first kappa shape index (κ1) is 33.3. The molecule has 2 amide bonds. The molecule has 0 aliphatic rings. The average molecular weight is 573 g/mol. The maximum absolute atomic E-state index is 13.4. The Bertz CT molecular complexity index is 1100. The van der Waals surface area contributed by atoms with Crippen molar-refractivity contribution in [2.75, 3.05) is 32.6 Å². The lowest BCUT2D eigenvalue weighted by Crippen LogP contribution is -2.37. The van der Waals surface area contributed by atoms with E-state index in [4.69, 9.17) is 14.2 Å². The van der Waals surface area contributed by atoms with E-state index >= 15 is 0 Å². The molecule has 40 heavy (non-hydrogen) atoms. The number of hydrogen-bond donors (Lipinski definition) is 1. The van der Waals surface area contributed by atoms with E-state index in [2.05, 4.69) is 24.4 Å². The first-order valence-electron chi connectivity index (χ1n) is 14.2. The molecule has 0 atom stereocenters. The molecule has 0 saturated carbocycles.